The van der Waals surface area contributed by atoms with Crippen LogP contribution in [0.4, 0.5) is 4.79 Å². The standard InChI is InChI=1S/C14H18ClNO6/c1-20-13(18)12(9-17)16(8-7-15)22-14(19)21-10-11-5-3-2-4-6-11/h2-6,12,17H,7-10H2,1H3/t12-/m0/s1. The number of alkyl halides is 1. The number of methoxy groups -OCH3 is 1. The van der Waals surface area contributed by atoms with E-state index in [9.17, 15) is 14.7 Å². The third-order valence-corrected chi connectivity index (χ3v) is 2.86. The molecule has 0 fully saturated rings. The molecule has 1 atom stereocenters. The van der Waals surface area contributed by atoms with Gasteiger partial charge < -0.3 is 19.4 Å². The van der Waals surface area contributed by atoms with Crippen molar-refractivity contribution in [3.63, 3.8) is 0 Å². The van der Waals surface area contributed by atoms with Crippen LogP contribution in [0.1, 0.15) is 5.56 Å². The molecule has 0 heterocycles. The zero-order valence-electron chi connectivity index (χ0n) is 12.1. The first-order valence-electron chi connectivity index (χ1n) is 6.52. The minimum Gasteiger partial charge on any atom is -0.468 e. The molecule has 0 saturated heterocycles. The van der Waals surface area contributed by atoms with Gasteiger partial charge in [0, 0.05) is 12.4 Å². The van der Waals surface area contributed by atoms with Crippen LogP contribution in [0.25, 0.3) is 0 Å². The predicted molar refractivity (Wildman–Crippen MR) is 78.0 cm³/mol. The van der Waals surface area contributed by atoms with Gasteiger partial charge in [0.05, 0.1) is 13.7 Å². The van der Waals surface area contributed by atoms with Crippen LogP contribution in [0.2, 0.25) is 0 Å². The lowest BCUT2D eigenvalue weighted by Gasteiger charge is -2.25. The van der Waals surface area contributed by atoms with Crippen LogP contribution in [0.5, 0.6) is 0 Å². The highest BCUT2D eigenvalue weighted by Gasteiger charge is 2.29. The smallest absolute Gasteiger partial charge is 0.468 e. The summed E-state index contributed by atoms with van der Waals surface area (Å²) in [6, 6.07) is 7.87. The molecule has 1 aromatic carbocycles. The van der Waals surface area contributed by atoms with Gasteiger partial charge in [0.25, 0.3) is 0 Å². The van der Waals surface area contributed by atoms with Crippen molar-refractivity contribution in [2.45, 2.75) is 12.6 Å². The number of halogens is 1. The number of aliphatic hydroxyl groups is 1. The van der Waals surface area contributed by atoms with Gasteiger partial charge in [-0.1, -0.05) is 30.3 Å². The van der Waals surface area contributed by atoms with Gasteiger partial charge in [-0.3, -0.25) is 4.79 Å². The average molecular weight is 332 g/mol. The highest BCUT2D eigenvalue weighted by molar-refractivity contribution is 6.18. The quantitative estimate of drug-likeness (QED) is 0.437. The Kier molecular flexibility index (Phi) is 8.27. The molecule has 1 aromatic rings. The summed E-state index contributed by atoms with van der Waals surface area (Å²) in [6.07, 6.45) is -1.00. The Morgan fingerprint density at radius 3 is 2.55 bits per heavy atom. The second kappa shape index (κ2) is 9.99. The lowest BCUT2D eigenvalue weighted by molar-refractivity contribution is -0.184. The molecule has 7 nitrogen and oxygen atoms in total. The number of hydrogen-bond acceptors (Lipinski definition) is 7. The van der Waals surface area contributed by atoms with Crippen LogP contribution in [-0.4, -0.2) is 54.5 Å². The summed E-state index contributed by atoms with van der Waals surface area (Å²) in [7, 11) is 1.16. The Morgan fingerprint density at radius 2 is 2.00 bits per heavy atom. The van der Waals surface area contributed by atoms with E-state index in [1.54, 1.807) is 12.1 Å². The van der Waals surface area contributed by atoms with E-state index in [1.165, 1.54) is 0 Å². The zero-order valence-corrected chi connectivity index (χ0v) is 12.9. The van der Waals surface area contributed by atoms with Gasteiger partial charge in [0.15, 0.2) is 6.04 Å². The maximum Gasteiger partial charge on any atom is 0.528 e. The number of carbonyl (C=O) groups excluding carboxylic acids is 2. The molecule has 22 heavy (non-hydrogen) atoms. The summed E-state index contributed by atoms with van der Waals surface area (Å²) in [6.45, 7) is -0.533. The van der Waals surface area contributed by atoms with E-state index < -0.39 is 24.8 Å². The monoisotopic (exact) mass is 331 g/mol. The molecule has 8 heteroatoms. The average Bonchev–Trinajstić information content (AvgIpc) is 2.54. The van der Waals surface area contributed by atoms with Gasteiger partial charge in [0.1, 0.15) is 6.61 Å². The number of carbonyl (C=O) groups is 2. The van der Waals surface area contributed by atoms with Crippen molar-refractivity contribution < 1.29 is 29.0 Å². The Bertz CT molecular complexity index is 470. The Morgan fingerprint density at radius 1 is 1.32 bits per heavy atom. The fourth-order valence-electron chi connectivity index (χ4n) is 1.61. The second-order valence-electron chi connectivity index (χ2n) is 4.17. The molecule has 1 N–H and O–H groups in total. The third-order valence-electron chi connectivity index (χ3n) is 2.69. The number of nitrogens with zero attached hydrogens (tertiary/aromatic N) is 1. The first-order chi connectivity index (χ1) is 10.6. The van der Waals surface area contributed by atoms with Crippen molar-refractivity contribution in [3.8, 4) is 0 Å². The van der Waals surface area contributed by atoms with Crippen molar-refractivity contribution >= 4 is 23.7 Å². The molecule has 0 aliphatic heterocycles. The predicted octanol–water partition coefficient (Wildman–Crippen LogP) is 1.33. The van der Waals surface area contributed by atoms with Gasteiger partial charge in [-0.2, -0.15) is 0 Å². The van der Waals surface area contributed by atoms with Crippen molar-refractivity contribution in [1.29, 1.82) is 0 Å². The molecule has 0 aromatic heterocycles. The topological polar surface area (TPSA) is 85.3 Å². The lowest BCUT2D eigenvalue weighted by Crippen LogP contribution is -2.46. The van der Waals surface area contributed by atoms with Gasteiger partial charge >= 0.3 is 12.1 Å². The summed E-state index contributed by atoms with van der Waals surface area (Å²) < 4.78 is 9.46. The molecular formula is C14H18ClNO6. The molecule has 122 valence electrons. The Hall–Kier alpha value is -1.83. The summed E-state index contributed by atoms with van der Waals surface area (Å²) in [5, 5.41) is 10.2. The van der Waals surface area contributed by atoms with E-state index in [1.807, 2.05) is 18.2 Å². The van der Waals surface area contributed by atoms with Gasteiger partial charge in [-0.25, -0.2) is 4.79 Å². The molecule has 0 bridgehead atoms. The summed E-state index contributed by atoms with van der Waals surface area (Å²) in [5.74, 6) is -0.664. The van der Waals surface area contributed by atoms with Crippen LogP contribution in [0.15, 0.2) is 30.3 Å². The number of hydrogen-bond donors (Lipinski definition) is 1. The first kappa shape index (κ1) is 18.2. The summed E-state index contributed by atoms with van der Waals surface area (Å²) in [5.41, 5.74) is 0.787. The molecule has 1 rings (SSSR count). The van der Waals surface area contributed by atoms with Crippen LogP contribution < -0.4 is 0 Å². The van der Waals surface area contributed by atoms with Crippen LogP contribution in [-0.2, 0) is 25.7 Å². The second-order valence-corrected chi connectivity index (χ2v) is 4.54. The van der Waals surface area contributed by atoms with Gasteiger partial charge in [0.2, 0.25) is 0 Å². The first-order valence-corrected chi connectivity index (χ1v) is 7.05. The van der Waals surface area contributed by atoms with Crippen molar-refractivity contribution in [2.75, 3.05) is 26.1 Å². The van der Waals surface area contributed by atoms with E-state index in [-0.39, 0.29) is 19.0 Å². The van der Waals surface area contributed by atoms with E-state index in [4.69, 9.17) is 21.2 Å². The Labute approximate surface area is 133 Å². The van der Waals surface area contributed by atoms with Crippen LogP contribution >= 0.6 is 11.6 Å². The number of benzene rings is 1. The van der Waals surface area contributed by atoms with E-state index in [0.29, 0.717) is 0 Å². The molecule has 0 aliphatic rings. The molecular weight excluding hydrogens is 314 g/mol. The normalized spacial score (nSPS) is 11.8. The van der Waals surface area contributed by atoms with E-state index in [2.05, 4.69) is 4.74 Å². The molecule has 0 amide bonds. The summed E-state index contributed by atoms with van der Waals surface area (Å²) in [4.78, 5) is 28.1. The maximum atomic E-state index is 11.7. The number of ether oxygens (including phenoxy) is 2. The largest absolute Gasteiger partial charge is 0.528 e. The maximum absolute atomic E-state index is 11.7. The third kappa shape index (κ3) is 5.88. The minimum absolute atomic E-state index is 0.0242. The van der Waals surface area contributed by atoms with E-state index in [0.717, 1.165) is 17.7 Å². The Balaban J connectivity index is 2.57. The fraction of sp³-hybridized carbons (Fsp3) is 0.429. The highest BCUT2D eigenvalue weighted by Crippen LogP contribution is 2.07. The molecule has 0 saturated carbocycles. The highest BCUT2D eigenvalue weighted by atomic mass is 35.5. The number of esters is 1. The van der Waals surface area contributed by atoms with Crippen LogP contribution in [0.3, 0.4) is 0 Å². The minimum atomic E-state index is -1.16. The SMILES string of the molecule is COC(=O)[C@H](CO)N(CCCl)OC(=O)OCc1ccccc1. The molecule has 0 unspecified atom stereocenters. The molecule has 0 aliphatic carbocycles. The zero-order chi connectivity index (χ0) is 16.4. The number of rotatable bonds is 8. The lowest BCUT2D eigenvalue weighted by atomic mass is 10.2. The summed E-state index contributed by atoms with van der Waals surface area (Å²) >= 11 is 5.59. The van der Waals surface area contributed by atoms with Crippen molar-refractivity contribution in [2.24, 2.45) is 0 Å². The van der Waals surface area contributed by atoms with Crippen LogP contribution in [0, 0.1) is 0 Å². The number of aliphatic hydroxyl groups excluding tert-OH is 1. The van der Waals surface area contributed by atoms with E-state index >= 15 is 0 Å². The van der Waals surface area contributed by atoms with Gasteiger partial charge in [-0.05, 0) is 5.56 Å². The molecule has 0 spiro atoms. The van der Waals surface area contributed by atoms with Crippen molar-refractivity contribution in [3.05, 3.63) is 35.9 Å². The van der Waals surface area contributed by atoms with Crippen molar-refractivity contribution in [1.82, 2.24) is 5.06 Å². The number of hydroxylamine groups is 2. The molecule has 0 radical (unpaired) electrons. The van der Waals surface area contributed by atoms with Gasteiger partial charge in [-0.15, -0.1) is 16.7 Å². The fourth-order valence-corrected chi connectivity index (χ4v) is 1.77.